The van der Waals surface area contributed by atoms with E-state index in [1.54, 1.807) is 14.2 Å². The van der Waals surface area contributed by atoms with Crippen LogP contribution in [0.2, 0.25) is 0 Å². The quantitative estimate of drug-likeness (QED) is 0.269. The van der Waals surface area contributed by atoms with Crippen molar-refractivity contribution in [3.8, 4) is 0 Å². The van der Waals surface area contributed by atoms with E-state index in [9.17, 15) is 0 Å². The third-order valence-electron chi connectivity index (χ3n) is 1.26. The van der Waals surface area contributed by atoms with E-state index < -0.39 is 0 Å². The maximum Gasteiger partial charge on any atom is 0.176 e. The van der Waals surface area contributed by atoms with Gasteiger partial charge in [-0.3, -0.25) is 0 Å². The Labute approximate surface area is 73.1 Å². The lowest BCUT2D eigenvalue weighted by molar-refractivity contribution is -0.0667. The van der Waals surface area contributed by atoms with Gasteiger partial charge in [0, 0.05) is 20.1 Å². The van der Waals surface area contributed by atoms with E-state index in [-0.39, 0.29) is 6.29 Å². The van der Waals surface area contributed by atoms with Crippen molar-refractivity contribution in [3.63, 3.8) is 0 Å². The van der Waals surface area contributed by atoms with Gasteiger partial charge in [-0.25, -0.2) is 0 Å². The summed E-state index contributed by atoms with van der Waals surface area (Å²) in [7, 11) is 3.22. The third-order valence-corrected chi connectivity index (χ3v) is 1.53. The van der Waals surface area contributed by atoms with Crippen molar-refractivity contribution < 1.29 is 9.47 Å². The molecular weight excluding hydrogens is 164 g/mol. The topological polar surface area (TPSA) is 18.5 Å². The smallest absolute Gasteiger partial charge is 0.176 e. The molecule has 0 heterocycles. The zero-order valence-corrected chi connectivity index (χ0v) is 7.80. The Morgan fingerprint density at radius 2 is 2.00 bits per heavy atom. The molecule has 0 rings (SSSR count). The molecule has 0 aromatic carbocycles. The van der Waals surface area contributed by atoms with Crippen molar-refractivity contribution in [2.75, 3.05) is 20.1 Å². The second-order valence-corrected chi connectivity index (χ2v) is 2.48. The Morgan fingerprint density at radius 1 is 1.36 bits per heavy atom. The van der Waals surface area contributed by atoms with Crippen molar-refractivity contribution in [1.82, 2.24) is 0 Å². The van der Waals surface area contributed by atoms with Crippen LogP contribution in [-0.4, -0.2) is 26.4 Å². The highest BCUT2D eigenvalue weighted by atomic mass is 35.5. The van der Waals surface area contributed by atoms with Crippen molar-refractivity contribution in [2.24, 2.45) is 0 Å². The molecule has 0 aliphatic carbocycles. The Kier molecular flexibility index (Phi) is 8.01. The molecule has 0 aliphatic heterocycles. The molecular formula is C8H15ClO2. The summed E-state index contributed by atoms with van der Waals surface area (Å²) in [6.45, 7) is 0. The first-order valence-electron chi connectivity index (χ1n) is 3.63. The van der Waals surface area contributed by atoms with Gasteiger partial charge in [-0.15, -0.1) is 11.6 Å². The predicted octanol–water partition coefficient (Wildman–Crippen LogP) is 2.18. The molecule has 0 aliphatic rings. The summed E-state index contributed by atoms with van der Waals surface area (Å²) < 4.78 is 9.88. The van der Waals surface area contributed by atoms with Crippen molar-refractivity contribution >= 4 is 11.6 Å². The summed E-state index contributed by atoms with van der Waals surface area (Å²) in [6, 6.07) is 0. The highest BCUT2D eigenvalue weighted by Crippen LogP contribution is 1.97. The first-order chi connectivity index (χ1) is 5.35. The number of rotatable bonds is 6. The normalized spacial score (nSPS) is 11.6. The van der Waals surface area contributed by atoms with Crippen LogP contribution in [0, 0.1) is 0 Å². The number of methoxy groups -OCH3 is 2. The van der Waals surface area contributed by atoms with Gasteiger partial charge < -0.3 is 9.47 Å². The molecule has 0 saturated heterocycles. The molecule has 0 aromatic rings. The highest BCUT2D eigenvalue weighted by Gasteiger charge is 1.95. The number of hydrogen-bond acceptors (Lipinski definition) is 2. The average molecular weight is 179 g/mol. The first kappa shape index (κ1) is 11.0. The van der Waals surface area contributed by atoms with E-state index in [4.69, 9.17) is 21.1 Å². The number of hydrogen-bond donors (Lipinski definition) is 0. The molecule has 0 bridgehead atoms. The van der Waals surface area contributed by atoms with Crippen LogP contribution in [0.1, 0.15) is 12.8 Å². The highest BCUT2D eigenvalue weighted by molar-refractivity contribution is 6.17. The van der Waals surface area contributed by atoms with Gasteiger partial charge in [0.1, 0.15) is 0 Å². The van der Waals surface area contributed by atoms with E-state index in [0.29, 0.717) is 5.88 Å². The molecule has 0 N–H and O–H groups in total. The Morgan fingerprint density at radius 3 is 2.45 bits per heavy atom. The largest absolute Gasteiger partial charge is 0.352 e. The zero-order valence-electron chi connectivity index (χ0n) is 7.05. The van der Waals surface area contributed by atoms with E-state index >= 15 is 0 Å². The van der Waals surface area contributed by atoms with Gasteiger partial charge in [-0.2, -0.15) is 0 Å². The molecule has 3 heteroatoms. The van der Waals surface area contributed by atoms with Gasteiger partial charge >= 0.3 is 0 Å². The summed E-state index contributed by atoms with van der Waals surface area (Å²) in [4.78, 5) is 0. The van der Waals surface area contributed by atoms with Crippen LogP contribution in [0.25, 0.3) is 0 Å². The second kappa shape index (κ2) is 8.05. The molecule has 66 valence electrons. The predicted molar refractivity (Wildman–Crippen MR) is 46.9 cm³/mol. The Hall–Kier alpha value is -0.0500. The maximum absolute atomic E-state index is 5.49. The minimum atomic E-state index is -0.217. The van der Waals surface area contributed by atoms with Crippen LogP contribution < -0.4 is 0 Å². The molecule has 0 aromatic heterocycles. The number of alkyl halides is 1. The van der Waals surface area contributed by atoms with Crippen LogP contribution in [-0.2, 0) is 9.47 Å². The van der Waals surface area contributed by atoms with Crippen LogP contribution in [0.4, 0.5) is 0 Å². The second-order valence-electron chi connectivity index (χ2n) is 2.10. The van der Waals surface area contributed by atoms with Crippen LogP contribution in [0.5, 0.6) is 0 Å². The van der Waals surface area contributed by atoms with Crippen molar-refractivity contribution in [1.29, 1.82) is 0 Å². The molecule has 0 fully saturated rings. The van der Waals surface area contributed by atoms with Gasteiger partial charge in [0.15, 0.2) is 6.29 Å². The van der Waals surface area contributed by atoms with Gasteiger partial charge in [0.05, 0.1) is 0 Å². The monoisotopic (exact) mass is 178 g/mol. The first-order valence-corrected chi connectivity index (χ1v) is 4.16. The lowest BCUT2D eigenvalue weighted by Gasteiger charge is -2.06. The van der Waals surface area contributed by atoms with Gasteiger partial charge in [0.25, 0.3) is 0 Å². The fourth-order valence-corrected chi connectivity index (χ4v) is 0.810. The number of unbranched alkanes of at least 4 members (excludes halogenated alkanes) is 1. The fourth-order valence-electron chi connectivity index (χ4n) is 0.656. The number of halogens is 1. The van der Waals surface area contributed by atoms with Crippen LogP contribution in [0.15, 0.2) is 12.2 Å². The Bertz CT molecular complexity index is 100. The SMILES string of the molecule is COC(/C=C/CCCCl)OC. The van der Waals surface area contributed by atoms with E-state index in [0.717, 1.165) is 12.8 Å². The standard InChI is InChI=1S/C8H15ClO2/c1-10-8(11-2)6-4-3-5-7-9/h4,6,8H,3,5,7H2,1-2H3/b6-4+. The van der Waals surface area contributed by atoms with Crippen molar-refractivity contribution in [2.45, 2.75) is 19.1 Å². The van der Waals surface area contributed by atoms with Gasteiger partial charge in [-0.05, 0) is 18.9 Å². The van der Waals surface area contributed by atoms with E-state index in [1.165, 1.54) is 0 Å². The molecule has 0 radical (unpaired) electrons. The molecule has 0 amide bonds. The molecule has 11 heavy (non-hydrogen) atoms. The number of ether oxygens (including phenoxy) is 2. The third kappa shape index (κ3) is 6.35. The molecule has 0 spiro atoms. The van der Waals surface area contributed by atoms with Crippen LogP contribution in [0.3, 0.4) is 0 Å². The maximum atomic E-state index is 5.49. The van der Waals surface area contributed by atoms with E-state index in [2.05, 4.69) is 0 Å². The van der Waals surface area contributed by atoms with Crippen LogP contribution >= 0.6 is 11.6 Å². The van der Waals surface area contributed by atoms with Crippen molar-refractivity contribution in [3.05, 3.63) is 12.2 Å². The van der Waals surface area contributed by atoms with E-state index in [1.807, 2.05) is 12.2 Å². The summed E-state index contributed by atoms with van der Waals surface area (Å²) in [5.41, 5.74) is 0. The summed E-state index contributed by atoms with van der Waals surface area (Å²) in [5, 5.41) is 0. The molecule has 2 nitrogen and oxygen atoms in total. The summed E-state index contributed by atoms with van der Waals surface area (Å²) in [6.07, 6.45) is 5.66. The lowest BCUT2D eigenvalue weighted by atomic mass is 10.3. The molecule has 0 unspecified atom stereocenters. The average Bonchev–Trinajstić information content (AvgIpc) is 2.05. The summed E-state index contributed by atoms with van der Waals surface area (Å²) >= 11 is 5.49. The fraction of sp³-hybridized carbons (Fsp3) is 0.750. The lowest BCUT2D eigenvalue weighted by Crippen LogP contribution is -2.08. The summed E-state index contributed by atoms with van der Waals surface area (Å²) in [5.74, 6) is 0.703. The van der Waals surface area contributed by atoms with Gasteiger partial charge in [0.2, 0.25) is 0 Å². The molecule has 0 atom stereocenters. The van der Waals surface area contributed by atoms with Gasteiger partial charge in [-0.1, -0.05) is 6.08 Å². The zero-order chi connectivity index (χ0) is 8.53. The minimum Gasteiger partial charge on any atom is -0.352 e. The molecule has 0 saturated carbocycles. The Balaban J connectivity index is 3.36. The minimum absolute atomic E-state index is 0.217. The number of allylic oxidation sites excluding steroid dienone is 1.